The zero-order chi connectivity index (χ0) is 17.6. The van der Waals surface area contributed by atoms with E-state index >= 15 is 0 Å². The van der Waals surface area contributed by atoms with Crippen molar-refractivity contribution in [3.05, 3.63) is 70.5 Å². The number of benzene rings is 2. The van der Waals surface area contributed by atoms with Crippen molar-refractivity contribution in [1.82, 2.24) is 15.2 Å². The van der Waals surface area contributed by atoms with Crippen LogP contribution in [0.15, 0.2) is 53.7 Å². The third-order valence-electron chi connectivity index (χ3n) is 3.60. The normalized spacial score (nSPS) is 10.6. The summed E-state index contributed by atoms with van der Waals surface area (Å²) < 4.78 is 0. The molecule has 2 N–H and O–H groups in total. The molecule has 1 amide bonds. The van der Waals surface area contributed by atoms with E-state index in [-0.39, 0.29) is 11.7 Å². The maximum absolute atomic E-state index is 12.1. The Morgan fingerprint density at radius 2 is 2.00 bits per heavy atom. The van der Waals surface area contributed by atoms with E-state index in [0.717, 1.165) is 22.6 Å². The van der Waals surface area contributed by atoms with Crippen molar-refractivity contribution >= 4 is 35.0 Å². The SMILES string of the molecule is Cc1c(Cl)cccc1NC(=O)CSc1n[nH]c(Cc2ccccc2)n1. The number of rotatable bonds is 6. The van der Waals surface area contributed by atoms with Crippen molar-refractivity contribution in [1.29, 1.82) is 0 Å². The number of amides is 1. The summed E-state index contributed by atoms with van der Waals surface area (Å²) in [7, 11) is 0. The van der Waals surface area contributed by atoms with Crippen LogP contribution in [0.1, 0.15) is 17.0 Å². The Bertz CT molecular complexity index is 867. The first-order valence-electron chi connectivity index (χ1n) is 7.75. The minimum atomic E-state index is -0.121. The molecule has 0 atom stereocenters. The molecule has 1 heterocycles. The molecular weight excluding hydrogens is 356 g/mol. The number of aromatic nitrogens is 3. The summed E-state index contributed by atoms with van der Waals surface area (Å²) in [6.07, 6.45) is 0.683. The van der Waals surface area contributed by atoms with Crippen LogP contribution in [0.3, 0.4) is 0 Å². The Morgan fingerprint density at radius 3 is 2.80 bits per heavy atom. The Kier molecular flexibility index (Phi) is 5.73. The largest absolute Gasteiger partial charge is 0.325 e. The highest BCUT2D eigenvalue weighted by atomic mass is 35.5. The van der Waals surface area contributed by atoms with Crippen molar-refractivity contribution < 1.29 is 4.79 Å². The maximum Gasteiger partial charge on any atom is 0.234 e. The molecule has 1 aromatic heterocycles. The van der Waals surface area contributed by atoms with Gasteiger partial charge in [-0.25, -0.2) is 4.98 Å². The number of aromatic amines is 1. The second-order valence-electron chi connectivity index (χ2n) is 5.48. The number of hydrogen-bond donors (Lipinski definition) is 2. The number of hydrogen-bond acceptors (Lipinski definition) is 4. The van der Waals surface area contributed by atoms with Gasteiger partial charge in [0.05, 0.1) is 5.75 Å². The van der Waals surface area contributed by atoms with Crippen LogP contribution in [0, 0.1) is 6.92 Å². The van der Waals surface area contributed by atoms with Gasteiger partial charge in [-0.15, -0.1) is 5.10 Å². The molecule has 0 saturated heterocycles. The molecule has 7 heteroatoms. The van der Waals surface area contributed by atoms with Crippen molar-refractivity contribution in [3.8, 4) is 0 Å². The van der Waals surface area contributed by atoms with Gasteiger partial charge < -0.3 is 5.32 Å². The van der Waals surface area contributed by atoms with Gasteiger partial charge in [-0.05, 0) is 30.2 Å². The molecule has 5 nitrogen and oxygen atoms in total. The third kappa shape index (κ3) is 4.84. The van der Waals surface area contributed by atoms with Crippen LogP contribution >= 0.6 is 23.4 Å². The summed E-state index contributed by atoms with van der Waals surface area (Å²) >= 11 is 7.35. The molecule has 0 saturated carbocycles. The van der Waals surface area contributed by atoms with Crippen molar-refractivity contribution in [2.45, 2.75) is 18.5 Å². The molecular formula is C18H17ClN4OS. The first-order chi connectivity index (χ1) is 12.1. The van der Waals surface area contributed by atoms with Gasteiger partial charge in [-0.1, -0.05) is 59.8 Å². The highest BCUT2D eigenvalue weighted by Crippen LogP contribution is 2.23. The first kappa shape index (κ1) is 17.5. The summed E-state index contributed by atoms with van der Waals surface area (Å²) in [5.41, 5.74) is 2.73. The number of nitrogens with one attached hydrogen (secondary N) is 2. The number of anilines is 1. The lowest BCUT2D eigenvalue weighted by atomic mass is 10.1. The van der Waals surface area contributed by atoms with Gasteiger partial charge in [-0.3, -0.25) is 9.89 Å². The number of H-pyrrole nitrogens is 1. The molecule has 3 rings (SSSR count). The quantitative estimate of drug-likeness (QED) is 0.639. The number of carbonyl (C=O) groups excluding carboxylic acids is 1. The Hall–Kier alpha value is -2.31. The van der Waals surface area contributed by atoms with E-state index in [1.165, 1.54) is 11.8 Å². The molecule has 0 spiro atoms. The molecule has 128 valence electrons. The second kappa shape index (κ2) is 8.18. The Labute approximate surface area is 155 Å². The van der Waals surface area contributed by atoms with E-state index in [4.69, 9.17) is 11.6 Å². The van der Waals surface area contributed by atoms with Gasteiger partial charge in [0.25, 0.3) is 0 Å². The van der Waals surface area contributed by atoms with Gasteiger partial charge in [0.1, 0.15) is 5.82 Å². The van der Waals surface area contributed by atoms with Gasteiger partial charge in [0, 0.05) is 17.1 Å². The number of thioether (sulfide) groups is 1. The highest BCUT2D eigenvalue weighted by Gasteiger charge is 2.10. The van der Waals surface area contributed by atoms with Gasteiger partial charge in [0.2, 0.25) is 11.1 Å². The fraction of sp³-hybridized carbons (Fsp3) is 0.167. The van der Waals surface area contributed by atoms with Crippen LogP contribution in [0.25, 0.3) is 0 Å². The molecule has 3 aromatic rings. The molecule has 0 aliphatic carbocycles. The minimum Gasteiger partial charge on any atom is -0.325 e. The highest BCUT2D eigenvalue weighted by molar-refractivity contribution is 7.99. The number of nitrogens with zero attached hydrogens (tertiary/aromatic N) is 2. The molecule has 25 heavy (non-hydrogen) atoms. The maximum atomic E-state index is 12.1. The Balaban J connectivity index is 1.53. The smallest absolute Gasteiger partial charge is 0.234 e. The fourth-order valence-electron chi connectivity index (χ4n) is 2.27. The zero-order valence-electron chi connectivity index (χ0n) is 13.6. The average molecular weight is 373 g/mol. The molecule has 0 aliphatic heterocycles. The monoisotopic (exact) mass is 372 g/mol. The summed E-state index contributed by atoms with van der Waals surface area (Å²) in [4.78, 5) is 16.5. The van der Waals surface area contributed by atoms with Crippen LogP contribution in [-0.2, 0) is 11.2 Å². The fourth-order valence-corrected chi connectivity index (χ4v) is 3.06. The third-order valence-corrected chi connectivity index (χ3v) is 4.86. The molecule has 0 unspecified atom stereocenters. The number of carbonyl (C=O) groups is 1. The van der Waals surface area contributed by atoms with E-state index in [1.54, 1.807) is 6.07 Å². The summed E-state index contributed by atoms with van der Waals surface area (Å²) in [5, 5.41) is 11.1. The van der Waals surface area contributed by atoms with Crippen molar-refractivity contribution in [2.75, 3.05) is 11.1 Å². The standard InChI is InChI=1S/C18H17ClN4OS/c1-12-14(19)8-5-9-15(12)20-17(24)11-25-18-21-16(22-23-18)10-13-6-3-2-4-7-13/h2-9H,10-11H2,1H3,(H,20,24)(H,21,22,23). The average Bonchev–Trinajstić information content (AvgIpc) is 3.05. The molecule has 2 aromatic carbocycles. The van der Waals surface area contributed by atoms with Crippen molar-refractivity contribution in [3.63, 3.8) is 0 Å². The van der Waals surface area contributed by atoms with Crippen LogP contribution < -0.4 is 5.32 Å². The topological polar surface area (TPSA) is 70.7 Å². The zero-order valence-corrected chi connectivity index (χ0v) is 15.2. The molecule has 0 radical (unpaired) electrons. The molecule has 0 bridgehead atoms. The predicted octanol–water partition coefficient (Wildman–Crippen LogP) is 4.09. The van der Waals surface area contributed by atoms with E-state index in [9.17, 15) is 4.79 Å². The van der Waals surface area contributed by atoms with Gasteiger partial charge in [-0.2, -0.15) is 0 Å². The first-order valence-corrected chi connectivity index (χ1v) is 9.11. The van der Waals surface area contributed by atoms with Gasteiger partial charge in [0.15, 0.2) is 0 Å². The second-order valence-corrected chi connectivity index (χ2v) is 6.83. The summed E-state index contributed by atoms with van der Waals surface area (Å²) in [6, 6.07) is 15.5. The lowest BCUT2D eigenvalue weighted by molar-refractivity contribution is -0.113. The van der Waals surface area contributed by atoms with E-state index < -0.39 is 0 Å². The van der Waals surface area contributed by atoms with Crippen LogP contribution in [-0.4, -0.2) is 26.8 Å². The van der Waals surface area contributed by atoms with E-state index in [0.29, 0.717) is 16.6 Å². The van der Waals surface area contributed by atoms with Crippen LogP contribution in [0.2, 0.25) is 5.02 Å². The van der Waals surface area contributed by atoms with Crippen LogP contribution in [0.5, 0.6) is 0 Å². The Morgan fingerprint density at radius 1 is 1.20 bits per heavy atom. The summed E-state index contributed by atoms with van der Waals surface area (Å²) in [5.74, 6) is 0.888. The molecule has 0 fully saturated rings. The lowest BCUT2D eigenvalue weighted by Crippen LogP contribution is -2.15. The van der Waals surface area contributed by atoms with E-state index in [1.807, 2.05) is 49.4 Å². The van der Waals surface area contributed by atoms with Gasteiger partial charge >= 0.3 is 0 Å². The van der Waals surface area contributed by atoms with Crippen molar-refractivity contribution in [2.24, 2.45) is 0 Å². The minimum absolute atomic E-state index is 0.121. The molecule has 0 aliphatic rings. The van der Waals surface area contributed by atoms with Crippen LogP contribution in [0.4, 0.5) is 5.69 Å². The summed E-state index contributed by atoms with van der Waals surface area (Å²) in [6.45, 7) is 1.87. The van der Waals surface area contributed by atoms with E-state index in [2.05, 4.69) is 20.5 Å². The lowest BCUT2D eigenvalue weighted by Gasteiger charge is -2.08. The number of halogens is 1. The predicted molar refractivity (Wildman–Crippen MR) is 101 cm³/mol.